The van der Waals surface area contributed by atoms with Crippen molar-refractivity contribution in [3.63, 3.8) is 0 Å². The average Bonchev–Trinajstić information content (AvgIpc) is 3.15. The molecule has 0 heterocycles. The van der Waals surface area contributed by atoms with Crippen LogP contribution in [-0.2, 0) is 9.63 Å². The van der Waals surface area contributed by atoms with Crippen molar-refractivity contribution in [2.75, 3.05) is 20.3 Å². The van der Waals surface area contributed by atoms with E-state index in [1.807, 2.05) is 0 Å². The van der Waals surface area contributed by atoms with Crippen LogP contribution < -0.4 is 0 Å². The Morgan fingerprint density at radius 3 is 2.76 bits per heavy atom. The Morgan fingerprint density at radius 2 is 2.00 bits per heavy atom. The molecule has 3 fully saturated rings. The highest BCUT2D eigenvalue weighted by atomic mass is 16.7. The van der Waals surface area contributed by atoms with Gasteiger partial charge in [-0.3, -0.25) is 9.63 Å². The van der Waals surface area contributed by atoms with Crippen LogP contribution in [0.2, 0.25) is 0 Å². The minimum atomic E-state index is -0.131. The van der Waals surface area contributed by atoms with Gasteiger partial charge in [-0.15, -0.1) is 0 Å². The number of aliphatic hydroxyl groups excluding tert-OH is 2. The van der Waals surface area contributed by atoms with Crippen LogP contribution in [-0.4, -0.2) is 47.5 Å². The lowest BCUT2D eigenvalue weighted by molar-refractivity contribution is -0.179. The van der Waals surface area contributed by atoms with E-state index in [-0.39, 0.29) is 18.6 Å². The van der Waals surface area contributed by atoms with E-state index in [1.165, 1.54) is 37.2 Å². The van der Waals surface area contributed by atoms with Crippen molar-refractivity contribution in [3.8, 4) is 0 Å². The van der Waals surface area contributed by atoms with Crippen LogP contribution in [0.25, 0.3) is 0 Å². The van der Waals surface area contributed by atoms with Crippen LogP contribution in [0.5, 0.6) is 0 Å². The van der Waals surface area contributed by atoms with Crippen molar-refractivity contribution in [2.45, 2.75) is 97.5 Å². The molecule has 4 rings (SSSR count). The zero-order valence-electron chi connectivity index (χ0n) is 21.4. The summed E-state index contributed by atoms with van der Waals surface area (Å²) < 4.78 is 0. The molecule has 1 unspecified atom stereocenters. The maximum atomic E-state index is 12.5. The molecule has 2 N–H and O–H groups in total. The van der Waals surface area contributed by atoms with Gasteiger partial charge in [0.2, 0.25) is 5.91 Å². The summed E-state index contributed by atoms with van der Waals surface area (Å²) in [5.41, 5.74) is 2.25. The van der Waals surface area contributed by atoms with Gasteiger partial charge in [-0.25, -0.2) is 5.06 Å². The van der Waals surface area contributed by atoms with Gasteiger partial charge in [-0.2, -0.15) is 0 Å². The third-order valence-corrected chi connectivity index (χ3v) is 10.6. The molecule has 0 aromatic heterocycles. The summed E-state index contributed by atoms with van der Waals surface area (Å²) in [7, 11) is 1.69. The molecule has 4 aliphatic rings. The molecule has 0 radical (unpaired) electrons. The van der Waals surface area contributed by atoms with Gasteiger partial charge in [0, 0.05) is 20.1 Å². The first kappa shape index (κ1) is 25.2. The Labute approximate surface area is 200 Å². The Kier molecular flexibility index (Phi) is 7.62. The molecule has 188 valence electrons. The summed E-state index contributed by atoms with van der Waals surface area (Å²) in [5.74, 6) is 3.65. The lowest BCUT2D eigenvalue weighted by Gasteiger charge is -2.58. The molecule has 1 amide bonds. The molecule has 5 heteroatoms. The predicted molar refractivity (Wildman–Crippen MR) is 130 cm³/mol. The Bertz CT molecular complexity index is 737. The van der Waals surface area contributed by atoms with Crippen LogP contribution in [0, 0.1) is 40.4 Å². The molecule has 0 aromatic rings. The molecular weight excluding hydrogens is 414 g/mol. The van der Waals surface area contributed by atoms with Gasteiger partial charge in [0.05, 0.1) is 12.7 Å². The van der Waals surface area contributed by atoms with Gasteiger partial charge in [0.15, 0.2) is 0 Å². The van der Waals surface area contributed by atoms with Crippen LogP contribution >= 0.6 is 0 Å². The van der Waals surface area contributed by atoms with Gasteiger partial charge >= 0.3 is 0 Å². The fourth-order valence-electron chi connectivity index (χ4n) is 8.66. The van der Waals surface area contributed by atoms with E-state index < -0.39 is 0 Å². The van der Waals surface area contributed by atoms with Gasteiger partial charge in [-0.05, 0) is 105 Å². The second-order valence-corrected chi connectivity index (χ2v) is 12.2. The van der Waals surface area contributed by atoms with Crippen molar-refractivity contribution < 1.29 is 19.8 Å². The highest BCUT2D eigenvalue weighted by Crippen LogP contribution is 2.67. The van der Waals surface area contributed by atoms with Crippen molar-refractivity contribution in [3.05, 3.63) is 11.6 Å². The highest BCUT2D eigenvalue weighted by Gasteiger charge is 2.59. The quantitative estimate of drug-likeness (QED) is 0.299. The topological polar surface area (TPSA) is 70.0 Å². The molecule has 0 saturated heterocycles. The summed E-state index contributed by atoms with van der Waals surface area (Å²) in [6, 6.07) is 0. The first-order chi connectivity index (χ1) is 15.7. The SMILES string of the molecule is CC(CCC(=O)N(C)OCCCO)[C@H]1CC[C@H]2[C@@H]3CC=C4C[C@@H](O)CC[C@]4(C)[C@H]3CC[C@]12C. The number of allylic oxidation sites excluding steroid dienone is 1. The van der Waals surface area contributed by atoms with E-state index >= 15 is 0 Å². The molecule has 5 nitrogen and oxygen atoms in total. The number of carbonyl (C=O) groups excluding carboxylic acids is 1. The van der Waals surface area contributed by atoms with Gasteiger partial charge in [-0.1, -0.05) is 32.4 Å². The fraction of sp³-hybridized carbons (Fsp3) is 0.893. The monoisotopic (exact) mass is 461 g/mol. The number of rotatable bonds is 8. The zero-order chi connectivity index (χ0) is 23.8. The number of hydrogen-bond donors (Lipinski definition) is 2. The molecule has 8 atom stereocenters. The first-order valence-corrected chi connectivity index (χ1v) is 13.6. The Balaban J connectivity index is 1.38. The average molecular weight is 462 g/mol. The van der Waals surface area contributed by atoms with Crippen molar-refractivity contribution >= 4 is 5.91 Å². The summed E-state index contributed by atoms with van der Waals surface area (Å²) >= 11 is 0. The van der Waals surface area contributed by atoms with Gasteiger partial charge in [0.25, 0.3) is 0 Å². The second-order valence-electron chi connectivity index (χ2n) is 12.2. The fourth-order valence-corrected chi connectivity index (χ4v) is 8.66. The maximum Gasteiger partial charge on any atom is 0.245 e. The number of amides is 1. The minimum absolute atomic E-state index is 0.0422. The lowest BCUT2D eigenvalue weighted by atomic mass is 9.47. The van der Waals surface area contributed by atoms with Crippen LogP contribution in [0.15, 0.2) is 11.6 Å². The van der Waals surface area contributed by atoms with E-state index in [0.29, 0.717) is 42.1 Å². The van der Waals surface area contributed by atoms with E-state index in [2.05, 4.69) is 26.8 Å². The number of aliphatic hydroxyl groups is 2. The first-order valence-electron chi connectivity index (χ1n) is 13.6. The summed E-state index contributed by atoms with van der Waals surface area (Å²) in [5, 5.41) is 20.5. The highest BCUT2D eigenvalue weighted by molar-refractivity contribution is 5.74. The Hall–Kier alpha value is -0.910. The zero-order valence-corrected chi connectivity index (χ0v) is 21.4. The van der Waals surface area contributed by atoms with Crippen molar-refractivity contribution in [1.29, 1.82) is 0 Å². The third-order valence-electron chi connectivity index (χ3n) is 10.6. The largest absolute Gasteiger partial charge is 0.396 e. The van der Waals surface area contributed by atoms with Crippen molar-refractivity contribution in [2.24, 2.45) is 40.4 Å². The molecule has 33 heavy (non-hydrogen) atoms. The number of carbonyl (C=O) groups is 1. The molecule has 0 spiro atoms. The van der Waals surface area contributed by atoms with Crippen LogP contribution in [0.3, 0.4) is 0 Å². The van der Waals surface area contributed by atoms with E-state index in [4.69, 9.17) is 9.94 Å². The summed E-state index contributed by atoms with van der Waals surface area (Å²) in [6.07, 6.45) is 13.9. The number of nitrogens with zero attached hydrogens (tertiary/aromatic N) is 1. The molecular formula is C28H47NO4. The van der Waals surface area contributed by atoms with E-state index in [9.17, 15) is 9.90 Å². The van der Waals surface area contributed by atoms with E-state index in [1.54, 1.807) is 12.6 Å². The number of hydroxylamine groups is 2. The molecule has 4 aliphatic carbocycles. The number of hydrogen-bond acceptors (Lipinski definition) is 4. The van der Waals surface area contributed by atoms with Crippen LogP contribution in [0.1, 0.15) is 91.4 Å². The second kappa shape index (κ2) is 9.99. The molecule has 0 bridgehead atoms. The molecule has 0 aromatic carbocycles. The number of fused-ring (bicyclic) bond motifs is 5. The van der Waals surface area contributed by atoms with Gasteiger partial charge < -0.3 is 10.2 Å². The molecule has 0 aliphatic heterocycles. The van der Waals surface area contributed by atoms with E-state index in [0.717, 1.165) is 43.4 Å². The van der Waals surface area contributed by atoms with Gasteiger partial charge in [0.1, 0.15) is 0 Å². The van der Waals surface area contributed by atoms with Crippen LogP contribution in [0.4, 0.5) is 0 Å². The van der Waals surface area contributed by atoms with Crippen molar-refractivity contribution in [1.82, 2.24) is 5.06 Å². The summed E-state index contributed by atoms with van der Waals surface area (Å²) in [6.45, 7) is 7.91. The lowest BCUT2D eigenvalue weighted by Crippen LogP contribution is -2.50. The summed E-state index contributed by atoms with van der Waals surface area (Å²) in [4.78, 5) is 17.9. The Morgan fingerprint density at radius 1 is 1.21 bits per heavy atom. The standard InChI is InChI=1S/C28H47NO4/c1-19(6-11-26(32)29(4)33-17-5-16-30)23-9-10-24-22-8-7-20-18-21(31)12-14-27(20,2)25(22)13-15-28(23,24)3/h7,19,21-25,30-31H,5-6,8-18H2,1-4H3/t19?,21-,22-,23+,24-,25-,27-,28+/m0/s1. The normalized spacial score (nSPS) is 40.9. The molecule has 3 saturated carbocycles. The maximum absolute atomic E-state index is 12.5. The smallest absolute Gasteiger partial charge is 0.245 e. The predicted octanol–water partition coefficient (Wildman–Crippen LogP) is 5.12. The third kappa shape index (κ3) is 4.67. The minimum Gasteiger partial charge on any atom is -0.396 e.